The second-order valence-corrected chi connectivity index (χ2v) is 4.52. The Morgan fingerprint density at radius 1 is 1.17 bits per heavy atom. The van der Waals surface area contributed by atoms with Crippen molar-refractivity contribution in [1.82, 2.24) is 4.98 Å². The van der Waals surface area contributed by atoms with Crippen molar-refractivity contribution < 1.29 is 4.74 Å². The van der Waals surface area contributed by atoms with Gasteiger partial charge in [-0.2, -0.15) is 0 Å². The van der Waals surface area contributed by atoms with Gasteiger partial charge in [-0.3, -0.25) is 0 Å². The van der Waals surface area contributed by atoms with Gasteiger partial charge in [0, 0.05) is 20.3 Å². The number of benzene rings is 1. The van der Waals surface area contributed by atoms with Crippen molar-refractivity contribution >= 4 is 5.82 Å². The highest BCUT2D eigenvalue weighted by Gasteiger charge is 2.00. The maximum absolute atomic E-state index is 5.76. The molecule has 1 heterocycles. The van der Waals surface area contributed by atoms with Gasteiger partial charge in [-0.1, -0.05) is 12.1 Å². The zero-order valence-corrected chi connectivity index (χ0v) is 11.1. The summed E-state index contributed by atoms with van der Waals surface area (Å²) in [4.78, 5) is 6.26. The minimum Gasteiger partial charge on any atom is -0.489 e. The molecule has 3 heteroatoms. The van der Waals surface area contributed by atoms with Crippen molar-refractivity contribution in [2.24, 2.45) is 0 Å². The number of rotatable bonds is 4. The highest BCUT2D eigenvalue weighted by atomic mass is 16.5. The molecule has 1 aromatic heterocycles. The van der Waals surface area contributed by atoms with E-state index in [1.54, 1.807) is 0 Å². The van der Waals surface area contributed by atoms with Gasteiger partial charge in [0.05, 0.1) is 0 Å². The van der Waals surface area contributed by atoms with E-state index in [0.29, 0.717) is 6.61 Å². The van der Waals surface area contributed by atoms with E-state index in [1.807, 2.05) is 55.5 Å². The van der Waals surface area contributed by atoms with Crippen LogP contribution in [0.25, 0.3) is 0 Å². The first-order valence-corrected chi connectivity index (χ1v) is 5.97. The summed E-state index contributed by atoms with van der Waals surface area (Å²) in [6.45, 7) is 2.62. The standard InChI is InChI=1S/C15H18N2O/c1-12-5-4-6-14(9-12)18-11-13-7-8-16-15(10-13)17(2)3/h4-10H,11H2,1-3H3. The summed E-state index contributed by atoms with van der Waals surface area (Å²) < 4.78 is 5.76. The lowest BCUT2D eigenvalue weighted by atomic mass is 10.2. The summed E-state index contributed by atoms with van der Waals surface area (Å²) in [6, 6.07) is 12.1. The summed E-state index contributed by atoms with van der Waals surface area (Å²) >= 11 is 0. The molecular formula is C15H18N2O. The lowest BCUT2D eigenvalue weighted by Crippen LogP contribution is -2.11. The molecule has 0 aliphatic heterocycles. The maximum Gasteiger partial charge on any atom is 0.128 e. The van der Waals surface area contributed by atoms with Gasteiger partial charge in [-0.15, -0.1) is 0 Å². The van der Waals surface area contributed by atoms with E-state index in [-0.39, 0.29) is 0 Å². The molecule has 2 aromatic rings. The Morgan fingerprint density at radius 2 is 2.00 bits per heavy atom. The molecule has 0 unspecified atom stereocenters. The van der Waals surface area contributed by atoms with Gasteiger partial charge in [-0.25, -0.2) is 4.98 Å². The summed E-state index contributed by atoms with van der Waals surface area (Å²) in [5.74, 6) is 1.85. The van der Waals surface area contributed by atoms with Crippen molar-refractivity contribution in [1.29, 1.82) is 0 Å². The van der Waals surface area contributed by atoms with Gasteiger partial charge in [0.2, 0.25) is 0 Å². The molecule has 0 radical (unpaired) electrons. The van der Waals surface area contributed by atoms with Crippen molar-refractivity contribution in [3.05, 3.63) is 53.7 Å². The molecule has 0 N–H and O–H groups in total. The van der Waals surface area contributed by atoms with Crippen molar-refractivity contribution in [3.8, 4) is 5.75 Å². The molecule has 2 rings (SSSR count). The van der Waals surface area contributed by atoms with Gasteiger partial charge in [0.25, 0.3) is 0 Å². The van der Waals surface area contributed by atoms with Gasteiger partial charge in [0.15, 0.2) is 0 Å². The van der Waals surface area contributed by atoms with Gasteiger partial charge in [-0.05, 0) is 42.3 Å². The SMILES string of the molecule is Cc1cccc(OCc2ccnc(N(C)C)c2)c1. The zero-order valence-electron chi connectivity index (χ0n) is 11.1. The molecule has 0 spiro atoms. The zero-order chi connectivity index (χ0) is 13.0. The van der Waals surface area contributed by atoms with Crippen LogP contribution in [-0.2, 0) is 6.61 Å². The third-order valence-electron chi connectivity index (χ3n) is 2.66. The first-order valence-electron chi connectivity index (χ1n) is 5.97. The quantitative estimate of drug-likeness (QED) is 0.824. The highest BCUT2D eigenvalue weighted by Crippen LogP contribution is 2.16. The van der Waals surface area contributed by atoms with Crippen molar-refractivity contribution in [2.75, 3.05) is 19.0 Å². The monoisotopic (exact) mass is 242 g/mol. The van der Waals surface area contributed by atoms with Crippen LogP contribution < -0.4 is 9.64 Å². The molecule has 1 aromatic carbocycles. The fraction of sp³-hybridized carbons (Fsp3) is 0.267. The second kappa shape index (κ2) is 5.54. The van der Waals surface area contributed by atoms with E-state index in [1.165, 1.54) is 5.56 Å². The molecule has 0 aliphatic rings. The number of aryl methyl sites for hydroxylation is 1. The number of pyridine rings is 1. The van der Waals surface area contributed by atoms with Crippen LogP contribution in [0.4, 0.5) is 5.82 Å². The Labute approximate surface area is 108 Å². The Morgan fingerprint density at radius 3 is 2.72 bits per heavy atom. The third-order valence-corrected chi connectivity index (χ3v) is 2.66. The second-order valence-electron chi connectivity index (χ2n) is 4.52. The van der Waals surface area contributed by atoms with E-state index in [4.69, 9.17) is 4.74 Å². The van der Waals surface area contributed by atoms with Crippen LogP contribution in [0.5, 0.6) is 5.75 Å². The van der Waals surface area contributed by atoms with Gasteiger partial charge in [0.1, 0.15) is 18.2 Å². The molecule has 0 bridgehead atoms. The van der Waals surface area contributed by atoms with Crippen LogP contribution in [0.15, 0.2) is 42.6 Å². The van der Waals surface area contributed by atoms with Crippen molar-refractivity contribution in [3.63, 3.8) is 0 Å². The van der Waals surface area contributed by atoms with Crippen LogP contribution in [0.1, 0.15) is 11.1 Å². The van der Waals surface area contributed by atoms with Crippen LogP contribution >= 0.6 is 0 Å². The van der Waals surface area contributed by atoms with E-state index in [9.17, 15) is 0 Å². The molecule has 94 valence electrons. The Hall–Kier alpha value is -2.03. The summed E-state index contributed by atoms with van der Waals surface area (Å²) in [5.41, 5.74) is 2.33. The van der Waals surface area contributed by atoms with Gasteiger partial charge >= 0.3 is 0 Å². The average molecular weight is 242 g/mol. The van der Waals surface area contributed by atoms with E-state index in [2.05, 4.69) is 18.0 Å². The van der Waals surface area contributed by atoms with E-state index >= 15 is 0 Å². The summed E-state index contributed by atoms with van der Waals surface area (Å²) in [6.07, 6.45) is 1.81. The van der Waals surface area contributed by atoms with Crippen LogP contribution in [-0.4, -0.2) is 19.1 Å². The summed E-state index contributed by atoms with van der Waals surface area (Å²) in [5, 5.41) is 0. The smallest absolute Gasteiger partial charge is 0.128 e. The molecular weight excluding hydrogens is 224 g/mol. The number of aromatic nitrogens is 1. The Balaban J connectivity index is 2.04. The minimum atomic E-state index is 0.562. The number of hydrogen-bond donors (Lipinski definition) is 0. The maximum atomic E-state index is 5.76. The number of nitrogens with zero attached hydrogens (tertiary/aromatic N) is 2. The molecule has 0 saturated carbocycles. The molecule has 0 amide bonds. The van der Waals surface area contributed by atoms with Crippen LogP contribution in [0, 0.1) is 6.92 Å². The molecule has 3 nitrogen and oxygen atoms in total. The lowest BCUT2D eigenvalue weighted by Gasteiger charge is -2.12. The summed E-state index contributed by atoms with van der Waals surface area (Å²) in [7, 11) is 3.96. The Bertz CT molecular complexity index is 523. The molecule has 0 aliphatic carbocycles. The average Bonchev–Trinajstić information content (AvgIpc) is 2.37. The predicted molar refractivity (Wildman–Crippen MR) is 74.1 cm³/mol. The number of anilines is 1. The fourth-order valence-electron chi connectivity index (χ4n) is 1.67. The van der Waals surface area contributed by atoms with E-state index < -0.39 is 0 Å². The largest absolute Gasteiger partial charge is 0.489 e. The molecule has 0 fully saturated rings. The molecule has 0 saturated heterocycles. The third kappa shape index (κ3) is 3.23. The van der Waals surface area contributed by atoms with Crippen molar-refractivity contribution in [2.45, 2.75) is 13.5 Å². The fourth-order valence-corrected chi connectivity index (χ4v) is 1.67. The molecule has 0 atom stereocenters. The number of ether oxygens (including phenoxy) is 1. The minimum absolute atomic E-state index is 0.562. The normalized spacial score (nSPS) is 10.2. The predicted octanol–water partition coefficient (Wildman–Crippen LogP) is 3.04. The lowest BCUT2D eigenvalue weighted by molar-refractivity contribution is 0.306. The molecule has 18 heavy (non-hydrogen) atoms. The Kier molecular flexibility index (Phi) is 3.82. The van der Waals surface area contributed by atoms with Crippen LogP contribution in [0.3, 0.4) is 0 Å². The van der Waals surface area contributed by atoms with E-state index in [0.717, 1.165) is 17.1 Å². The van der Waals surface area contributed by atoms with Gasteiger partial charge < -0.3 is 9.64 Å². The topological polar surface area (TPSA) is 25.4 Å². The number of hydrogen-bond acceptors (Lipinski definition) is 3. The highest BCUT2D eigenvalue weighted by molar-refractivity contribution is 5.39. The first kappa shape index (κ1) is 12.4. The van der Waals surface area contributed by atoms with Crippen LogP contribution in [0.2, 0.25) is 0 Å². The first-order chi connectivity index (χ1) is 8.65.